The number of nitrogens with two attached hydrogens (primary N) is 1. The van der Waals surface area contributed by atoms with Gasteiger partial charge in [-0.05, 0) is 19.4 Å². The molecule has 3 nitrogen and oxygen atoms in total. The van der Waals surface area contributed by atoms with E-state index in [1.165, 1.54) is 0 Å². The number of hydrogen-bond donors (Lipinski definition) is 3. The van der Waals surface area contributed by atoms with Crippen molar-refractivity contribution in [3.05, 3.63) is 35.9 Å². The summed E-state index contributed by atoms with van der Waals surface area (Å²) in [5.74, 6) is 0. The molecule has 0 atom stereocenters. The normalized spacial score (nSPS) is 10.4. The first-order valence-corrected chi connectivity index (χ1v) is 4.54. The Morgan fingerprint density at radius 1 is 1.14 bits per heavy atom. The molecule has 1 aromatic carbocycles. The molecule has 0 saturated heterocycles. The van der Waals surface area contributed by atoms with Crippen LogP contribution in [0.5, 0.6) is 0 Å². The van der Waals surface area contributed by atoms with E-state index >= 15 is 0 Å². The molecule has 0 aromatic heterocycles. The Morgan fingerprint density at radius 3 is 1.79 bits per heavy atom. The van der Waals surface area contributed by atoms with Crippen molar-refractivity contribution < 1.29 is 10.2 Å². The summed E-state index contributed by atoms with van der Waals surface area (Å²) in [6, 6.07) is 9.52. The van der Waals surface area contributed by atoms with Gasteiger partial charge in [0.15, 0.2) is 0 Å². The molecule has 0 bridgehead atoms. The number of benzene rings is 1. The standard InChI is InChI=1S/C7H8O.C4H11NO/c8-6-7-4-2-1-3-5-7;1-4(2,5)3-6/h1-5,8H,6H2;6H,3,5H2,1-2H3. The Kier molecular flexibility index (Phi) is 6.12. The topological polar surface area (TPSA) is 66.5 Å². The molecule has 4 N–H and O–H groups in total. The van der Waals surface area contributed by atoms with Crippen molar-refractivity contribution in [1.82, 2.24) is 0 Å². The van der Waals surface area contributed by atoms with E-state index in [9.17, 15) is 0 Å². The van der Waals surface area contributed by atoms with Crippen LogP contribution in [0.15, 0.2) is 30.3 Å². The smallest absolute Gasteiger partial charge is 0.0681 e. The largest absolute Gasteiger partial charge is 0.394 e. The van der Waals surface area contributed by atoms with Crippen LogP contribution in [-0.4, -0.2) is 22.4 Å². The molecule has 1 rings (SSSR count). The summed E-state index contributed by atoms with van der Waals surface area (Å²) >= 11 is 0. The summed E-state index contributed by atoms with van der Waals surface area (Å²) < 4.78 is 0. The second-order valence-electron chi connectivity index (χ2n) is 3.79. The van der Waals surface area contributed by atoms with Gasteiger partial charge in [0.25, 0.3) is 0 Å². The van der Waals surface area contributed by atoms with E-state index in [1.54, 1.807) is 13.8 Å². The fourth-order valence-corrected chi connectivity index (χ4v) is 0.583. The van der Waals surface area contributed by atoms with Crippen LogP contribution in [0.1, 0.15) is 19.4 Å². The molecule has 1 aromatic rings. The van der Waals surface area contributed by atoms with Crippen LogP contribution in [0.25, 0.3) is 0 Å². The molecule has 80 valence electrons. The number of aliphatic hydroxyl groups excluding tert-OH is 2. The zero-order valence-corrected chi connectivity index (χ0v) is 8.77. The van der Waals surface area contributed by atoms with Crippen LogP contribution in [0, 0.1) is 0 Å². The molecule has 0 saturated carbocycles. The van der Waals surface area contributed by atoms with Gasteiger partial charge in [0.05, 0.1) is 13.2 Å². The molecule has 0 aliphatic heterocycles. The first kappa shape index (κ1) is 13.1. The van der Waals surface area contributed by atoms with Crippen molar-refractivity contribution in [3.63, 3.8) is 0 Å². The Morgan fingerprint density at radius 2 is 1.57 bits per heavy atom. The van der Waals surface area contributed by atoms with Gasteiger partial charge in [-0.25, -0.2) is 0 Å². The van der Waals surface area contributed by atoms with Crippen molar-refractivity contribution in [3.8, 4) is 0 Å². The van der Waals surface area contributed by atoms with Gasteiger partial charge in [0.1, 0.15) is 0 Å². The van der Waals surface area contributed by atoms with Gasteiger partial charge >= 0.3 is 0 Å². The number of hydrogen-bond acceptors (Lipinski definition) is 3. The van der Waals surface area contributed by atoms with Crippen LogP contribution < -0.4 is 5.73 Å². The third-order valence-corrected chi connectivity index (χ3v) is 1.43. The summed E-state index contributed by atoms with van der Waals surface area (Å²) in [5.41, 5.74) is 5.85. The first-order chi connectivity index (χ1) is 6.49. The number of aliphatic hydroxyl groups is 2. The minimum Gasteiger partial charge on any atom is -0.394 e. The van der Waals surface area contributed by atoms with Crippen LogP contribution in [0.2, 0.25) is 0 Å². The van der Waals surface area contributed by atoms with E-state index in [1.807, 2.05) is 30.3 Å². The summed E-state index contributed by atoms with van der Waals surface area (Å²) in [5, 5.41) is 16.8. The van der Waals surface area contributed by atoms with Crippen molar-refractivity contribution in [2.75, 3.05) is 6.61 Å². The zero-order chi connectivity index (χ0) is 11.0. The van der Waals surface area contributed by atoms with Gasteiger partial charge in [0, 0.05) is 5.54 Å². The van der Waals surface area contributed by atoms with Gasteiger partial charge < -0.3 is 15.9 Å². The monoisotopic (exact) mass is 197 g/mol. The van der Waals surface area contributed by atoms with Crippen molar-refractivity contribution in [1.29, 1.82) is 0 Å². The van der Waals surface area contributed by atoms with E-state index in [-0.39, 0.29) is 13.2 Å². The third kappa shape index (κ3) is 7.73. The molecule has 0 fully saturated rings. The molecule has 3 heteroatoms. The second kappa shape index (κ2) is 6.54. The Balaban J connectivity index is 0.000000255. The summed E-state index contributed by atoms with van der Waals surface area (Å²) in [6.45, 7) is 3.73. The zero-order valence-electron chi connectivity index (χ0n) is 8.77. The van der Waals surface area contributed by atoms with E-state index in [0.717, 1.165) is 5.56 Å². The van der Waals surface area contributed by atoms with Crippen LogP contribution in [0.4, 0.5) is 0 Å². The summed E-state index contributed by atoms with van der Waals surface area (Å²) in [7, 11) is 0. The highest BCUT2D eigenvalue weighted by atomic mass is 16.3. The van der Waals surface area contributed by atoms with Gasteiger partial charge in [-0.2, -0.15) is 0 Å². The SMILES string of the molecule is CC(C)(N)CO.OCc1ccccc1. The maximum atomic E-state index is 8.54. The first-order valence-electron chi connectivity index (χ1n) is 4.54. The average Bonchev–Trinajstić information content (AvgIpc) is 2.19. The fraction of sp³-hybridized carbons (Fsp3) is 0.455. The Labute approximate surface area is 85.2 Å². The molecule has 0 spiro atoms. The second-order valence-corrected chi connectivity index (χ2v) is 3.79. The molecule has 0 unspecified atom stereocenters. The van der Waals surface area contributed by atoms with E-state index in [2.05, 4.69) is 0 Å². The third-order valence-electron chi connectivity index (χ3n) is 1.43. The molecule has 0 heterocycles. The molecule has 0 aliphatic carbocycles. The molecule has 0 aliphatic rings. The lowest BCUT2D eigenvalue weighted by atomic mass is 10.1. The van der Waals surface area contributed by atoms with Crippen molar-refractivity contribution in [2.24, 2.45) is 5.73 Å². The fourth-order valence-electron chi connectivity index (χ4n) is 0.583. The molecular formula is C11H19NO2. The van der Waals surface area contributed by atoms with Crippen molar-refractivity contribution in [2.45, 2.75) is 26.0 Å². The van der Waals surface area contributed by atoms with Crippen LogP contribution in [-0.2, 0) is 6.61 Å². The van der Waals surface area contributed by atoms with E-state index in [0.29, 0.717) is 0 Å². The van der Waals surface area contributed by atoms with Crippen LogP contribution in [0.3, 0.4) is 0 Å². The summed E-state index contributed by atoms with van der Waals surface area (Å²) in [4.78, 5) is 0. The van der Waals surface area contributed by atoms with E-state index < -0.39 is 5.54 Å². The highest BCUT2D eigenvalue weighted by molar-refractivity contribution is 5.12. The van der Waals surface area contributed by atoms with Gasteiger partial charge in [-0.15, -0.1) is 0 Å². The lowest BCUT2D eigenvalue weighted by Gasteiger charge is -2.12. The highest BCUT2D eigenvalue weighted by Gasteiger charge is 2.05. The predicted molar refractivity (Wildman–Crippen MR) is 57.7 cm³/mol. The lowest BCUT2D eigenvalue weighted by molar-refractivity contribution is 0.221. The predicted octanol–water partition coefficient (Wildman–Crippen LogP) is 0.895. The van der Waals surface area contributed by atoms with Gasteiger partial charge in [-0.1, -0.05) is 30.3 Å². The highest BCUT2D eigenvalue weighted by Crippen LogP contribution is 1.95. The lowest BCUT2D eigenvalue weighted by Crippen LogP contribution is -2.35. The average molecular weight is 197 g/mol. The molecular weight excluding hydrogens is 178 g/mol. The molecule has 0 amide bonds. The summed E-state index contributed by atoms with van der Waals surface area (Å²) in [6.07, 6.45) is 0. The minimum absolute atomic E-state index is 0.0486. The quantitative estimate of drug-likeness (QED) is 0.659. The minimum atomic E-state index is -0.403. The maximum Gasteiger partial charge on any atom is 0.0681 e. The Bertz CT molecular complexity index is 229. The maximum absolute atomic E-state index is 8.54. The Hall–Kier alpha value is -0.900. The molecule has 14 heavy (non-hydrogen) atoms. The number of rotatable bonds is 2. The van der Waals surface area contributed by atoms with Crippen molar-refractivity contribution >= 4 is 0 Å². The van der Waals surface area contributed by atoms with Gasteiger partial charge in [-0.3, -0.25) is 0 Å². The molecule has 0 radical (unpaired) electrons. The van der Waals surface area contributed by atoms with E-state index in [4.69, 9.17) is 15.9 Å². The van der Waals surface area contributed by atoms with Crippen LogP contribution >= 0.6 is 0 Å². The van der Waals surface area contributed by atoms with Gasteiger partial charge in [0.2, 0.25) is 0 Å².